The fourth-order valence-corrected chi connectivity index (χ4v) is 6.54. The van der Waals surface area contributed by atoms with Crippen LogP contribution in [-0.2, 0) is 6.42 Å². The zero-order valence-electron chi connectivity index (χ0n) is 18.1. The van der Waals surface area contributed by atoms with Gasteiger partial charge in [-0.2, -0.15) is 0 Å². The first-order valence-corrected chi connectivity index (χ1v) is 11.5. The zero-order valence-corrected chi connectivity index (χ0v) is 18.1. The van der Waals surface area contributed by atoms with Crippen molar-refractivity contribution in [3.63, 3.8) is 0 Å². The molecule has 31 heavy (non-hydrogen) atoms. The lowest BCUT2D eigenvalue weighted by Gasteiger charge is -2.49. The molecule has 0 radical (unpaired) electrons. The van der Waals surface area contributed by atoms with Gasteiger partial charge in [0.25, 0.3) is 5.91 Å². The van der Waals surface area contributed by atoms with E-state index in [0.717, 1.165) is 55.4 Å². The Bertz CT molecular complexity index is 1040. The normalized spacial score (nSPS) is 30.6. The molecule has 0 aliphatic heterocycles. The Morgan fingerprint density at radius 2 is 1.97 bits per heavy atom. The van der Waals surface area contributed by atoms with Crippen LogP contribution in [0.5, 0.6) is 0 Å². The molecule has 5 rings (SSSR count). The first kappa shape index (κ1) is 20.0. The summed E-state index contributed by atoms with van der Waals surface area (Å²) in [5.41, 5.74) is 5.63. The van der Waals surface area contributed by atoms with Crippen LogP contribution in [0.2, 0.25) is 0 Å². The smallest absolute Gasteiger partial charge is 0.255 e. The fourth-order valence-electron chi connectivity index (χ4n) is 6.54. The van der Waals surface area contributed by atoms with E-state index in [1.165, 1.54) is 11.1 Å². The highest BCUT2D eigenvalue weighted by Crippen LogP contribution is 2.59. The van der Waals surface area contributed by atoms with Crippen LogP contribution in [-0.4, -0.2) is 16.8 Å². The van der Waals surface area contributed by atoms with Crippen molar-refractivity contribution in [3.05, 3.63) is 77.0 Å². The first-order chi connectivity index (χ1) is 15.1. The Morgan fingerprint density at radius 3 is 2.77 bits per heavy atom. The number of aryl methyl sites for hydroxylation is 1. The van der Waals surface area contributed by atoms with Gasteiger partial charge in [0.2, 0.25) is 0 Å². The fraction of sp³-hybridized carbons (Fsp3) is 0.407. The van der Waals surface area contributed by atoms with Gasteiger partial charge < -0.3 is 10.5 Å². The molecule has 160 valence electrons. The lowest BCUT2D eigenvalue weighted by Crippen LogP contribution is -2.42. The number of carbonyl (C=O) groups excluding carboxylic acids is 1. The molecule has 2 aromatic carbocycles. The van der Waals surface area contributed by atoms with Crippen LogP contribution < -0.4 is 5.32 Å². The summed E-state index contributed by atoms with van der Waals surface area (Å²) in [7, 11) is 0. The van der Waals surface area contributed by atoms with Crippen LogP contribution in [0.25, 0.3) is 6.08 Å². The van der Waals surface area contributed by atoms with Gasteiger partial charge in [0.15, 0.2) is 0 Å². The molecule has 0 bridgehead atoms. The molecule has 0 saturated heterocycles. The number of benzene rings is 2. The highest BCUT2D eigenvalue weighted by atomic mass is 16.4. The van der Waals surface area contributed by atoms with Crippen LogP contribution >= 0.6 is 0 Å². The lowest BCUT2D eigenvalue weighted by molar-refractivity contribution is 0.0935. The highest BCUT2D eigenvalue weighted by molar-refractivity contribution is 5.95. The third-order valence-electron chi connectivity index (χ3n) is 8.14. The largest absolute Gasteiger partial charge is 0.411 e. The van der Waals surface area contributed by atoms with Crippen LogP contribution in [0.3, 0.4) is 0 Å². The molecule has 4 heteroatoms. The van der Waals surface area contributed by atoms with Gasteiger partial charge in [0.05, 0.1) is 5.71 Å². The summed E-state index contributed by atoms with van der Waals surface area (Å²) in [5.74, 6) is 1.76. The summed E-state index contributed by atoms with van der Waals surface area (Å²) >= 11 is 0. The van der Waals surface area contributed by atoms with Gasteiger partial charge in [-0.3, -0.25) is 4.79 Å². The molecule has 4 nitrogen and oxygen atoms in total. The first-order valence-electron chi connectivity index (χ1n) is 11.5. The minimum atomic E-state index is -0.0621. The van der Waals surface area contributed by atoms with Gasteiger partial charge in [0.1, 0.15) is 0 Å². The van der Waals surface area contributed by atoms with Crippen LogP contribution in [0.15, 0.2) is 59.9 Å². The standard InChI is InChI=1S/C27H30N2O2/c1-27-15-13-22-21-9-8-20(26(30)28-16-14-18-5-3-2-4-6-18)17-19(21)7-10-23(22)24(27)11-12-25(27)29-31/h2-6,8-9,14,16-17,22-24,31H,7,10-13,15H2,1H3,(H,28,30)/b16-14+,29-25-/t22-,23-,24+,27+/m1/s1. The SMILES string of the molecule is C[C@]12CC[C@@H]3c4ccc(C(=O)N/C=C/c5ccccc5)cc4CC[C@H]3[C@@H]1CC/C2=N/O. The van der Waals surface area contributed by atoms with Gasteiger partial charge in [0, 0.05) is 17.2 Å². The monoisotopic (exact) mass is 414 g/mol. The van der Waals surface area contributed by atoms with E-state index < -0.39 is 0 Å². The molecular weight excluding hydrogens is 384 g/mol. The molecule has 0 unspecified atom stereocenters. The summed E-state index contributed by atoms with van der Waals surface area (Å²) in [6, 6.07) is 16.2. The number of oxime groups is 1. The third kappa shape index (κ3) is 3.48. The van der Waals surface area contributed by atoms with Gasteiger partial charge in [-0.25, -0.2) is 0 Å². The lowest BCUT2D eigenvalue weighted by atomic mass is 9.55. The van der Waals surface area contributed by atoms with Gasteiger partial charge >= 0.3 is 0 Å². The Kier molecular flexibility index (Phi) is 5.17. The molecule has 3 aliphatic carbocycles. The van der Waals surface area contributed by atoms with Gasteiger partial charge in [-0.05, 0) is 91.2 Å². The molecule has 4 atom stereocenters. The van der Waals surface area contributed by atoms with Crippen molar-refractivity contribution in [1.29, 1.82) is 0 Å². The minimum absolute atomic E-state index is 0.0621. The van der Waals surface area contributed by atoms with Crippen molar-refractivity contribution in [2.75, 3.05) is 0 Å². The quantitative estimate of drug-likeness (QED) is 0.494. The number of nitrogens with zero attached hydrogens (tertiary/aromatic N) is 1. The molecule has 1 amide bonds. The Morgan fingerprint density at radius 1 is 1.13 bits per heavy atom. The number of nitrogens with one attached hydrogen (secondary N) is 1. The molecule has 0 heterocycles. The average molecular weight is 415 g/mol. The number of fused-ring (bicyclic) bond motifs is 5. The van der Waals surface area contributed by atoms with E-state index in [1.807, 2.05) is 42.5 Å². The number of rotatable bonds is 3. The maximum Gasteiger partial charge on any atom is 0.255 e. The Labute approximate surface area is 184 Å². The second-order valence-corrected chi connectivity index (χ2v) is 9.59. The second-order valence-electron chi connectivity index (χ2n) is 9.59. The molecule has 2 fully saturated rings. The number of hydrogen-bond acceptors (Lipinski definition) is 3. The summed E-state index contributed by atoms with van der Waals surface area (Å²) in [4.78, 5) is 12.7. The van der Waals surface area contributed by atoms with E-state index in [4.69, 9.17) is 0 Å². The average Bonchev–Trinajstić information content (AvgIpc) is 3.15. The van der Waals surface area contributed by atoms with Crippen LogP contribution in [0.4, 0.5) is 0 Å². The number of carbonyl (C=O) groups is 1. The predicted molar refractivity (Wildman–Crippen MR) is 123 cm³/mol. The van der Waals surface area contributed by atoms with Crippen LogP contribution in [0, 0.1) is 17.3 Å². The van der Waals surface area contributed by atoms with Crippen LogP contribution in [0.1, 0.15) is 72.0 Å². The summed E-state index contributed by atoms with van der Waals surface area (Å²) < 4.78 is 0. The Hall–Kier alpha value is -2.88. The highest BCUT2D eigenvalue weighted by Gasteiger charge is 2.53. The number of hydrogen-bond donors (Lipinski definition) is 2. The zero-order chi connectivity index (χ0) is 21.4. The second kappa shape index (κ2) is 7.99. The van der Waals surface area contributed by atoms with Crippen molar-refractivity contribution >= 4 is 17.7 Å². The topological polar surface area (TPSA) is 61.7 Å². The van der Waals surface area contributed by atoms with E-state index in [1.54, 1.807) is 6.20 Å². The van der Waals surface area contributed by atoms with E-state index in [9.17, 15) is 10.0 Å². The van der Waals surface area contributed by atoms with Gasteiger partial charge in [-0.1, -0.05) is 48.5 Å². The summed E-state index contributed by atoms with van der Waals surface area (Å²) in [5, 5.41) is 16.0. The predicted octanol–water partition coefficient (Wildman–Crippen LogP) is 5.77. The van der Waals surface area contributed by atoms with Crippen molar-refractivity contribution in [2.45, 2.75) is 51.4 Å². The van der Waals surface area contributed by atoms with Crippen molar-refractivity contribution in [1.82, 2.24) is 5.32 Å². The molecule has 2 saturated carbocycles. The van der Waals surface area contributed by atoms with E-state index in [0.29, 0.717) is 17.8 Å². The summed E-state index contributed by atoms with van der Waals surface area (Å²) in [6.45, 7) is 2.31. The van der Waals surface area contributed by atoms with E-state index >= 15 is 0 Å². The number of amides is 1. The van der Waals surface area contributed by atoms with Gasteiger partial charge in [-0.15, -0.1) is 0 Å². The van der Waals surface area contributed by atoms with Crippen molar-refractivity contribution < 1.29 is 10.0 Å². The minimum Gasteiger partial charge on any atom is -0.411 e. The molecule has 2 N–H and O–H groups in total. The van der Waals surface area contributed by atoms with Crippen molar-refractivity contribution in [2.24, 2.45) is 22.4 Å². The molecule has 0 aromatic heterocycles. The van der Waals surface area contributed by atoms with E-state index in [-0.39, 0.29) is 11.3 Å². The molecule has 0 spiro atoms. The Balaban J connectivity index is 1.32. The molecule has 2 aromatic rings. The summed E-state index contributed by atoms with van der Waals surface area (Å²) in [6.07, 6.45) is 10.1. The van der Waals surface area contributed by atoms with E-state index in [2.05, 4.69) is 29.5 Å². The third-order valence-corrected chi connectivity index (χ3v) is 8.14. The maximum absolute atomic E-state index is 12.7. The maximum atomic E-state index is 12.7. The molecular formula is C27H30N2O2. The van der Waals surface area contributed by atoms with Crippen molar-refractivity contribution in [3.8, 4) is 0 Å². The molecule has 3 aliphatic rings.